The number of nitrogens with zero attached hydrogens (tertiary/aromatic N) is 2. The molecule has 4 aromatic rings. The maximum atomic E-state index is 14.2. The molecule has 5 rings (SSSR count). The maximum Gasteiger partial charge on any atom is 0.287 e. The Hall–Kier alpha value is -3.72. The van der Waals surface area contributed by atoms with Crippen molar-refractivity contribution in [2.75, 3.05) is 18.0 Å². The van der Waals surface area contributed by atoms with Crippen LogP contribution in [0.5, 0.6) is 0 Å². The highest BCUT2D eigenvalue weighted by Crippen LogP contribution is 2.28. The molecule has 174 valence electrons. The van der Waals surface area contributed by atoms with Crippen LogP contribution >= 0.6 is 0 Å². The van der Waals surface area contributed by atoms with Gasteiger partial charge in [0.15, 0.2) is 11.3 Å². The fourth-order valence-electron chi connectivity index (χ4n) is 4.05. The highest BCUT2D eigenvalue weighted by atomic mass is 32.2. The van der Waals surface area contributed by atoms with E-state index in [1.54, 1.807) is 30.5 Å². The summed E-state index contributed by atoms with van der Waals surface area (Å²) < 4.78 is 46.0. The highest BCUT2D eigenvalue weighted by molar-refractivity contribution is 7.91. The second-order valence-corrected chi connectivity index (χ2v) is 10.1. The molecule has 1 aliphatic rings. The van der Waals surface area contributed by atoms with Gasteiger partial charge in [0.05, 0.1) is 16.0 Å². The van der Waals surface area contributed by atoms with Crippen LogP contribution in [-0.2, 0) is 16.4 Å². The van der Waals surface area contributed by atoms with Gasteiger partial charge in [0.2, 0.25) is 9.84 Å². The largest absolute Gasteiger partial charge is 0.449 e. The molecule has 7 nitrogen and oxygen atoms in total. The van der Waals surface area contributed by atoms with Gasteiger partial charge < -0.3 is 14.6 Å². The molecule has 9 heteroatoms. The number of furan rings is 1. The molecule has 1 N–H and O–H groups in total. The van der Waals surface area contributed by atoms with E-state index >= 15 is 0 Å². The van der Waals surface area contributed by atoms with Crippen LogP contribution in [0.2, 0.25) is 0 Å². The van der Waals surface area contributed by atoms with Crippen molar-refractivity contribution in [3.8, 4) is 0 Å². The number of carbonyl (C=O) groups excluding carboxylic acids is 1. The number of anilines is 1. The van der Waals surface area contributed by atoms with E-state index in [-0.39, 0.29) is 28.0 Å². The Bertz CT molecular complexity index is 1430. The van der Waals surface area contributed by atoms with Gasteiger partial charge in [0.1, 0.15) is 5.82 Å². The van der Waals surface area contributed by atoms with Crippen molar-refractivity contribution in [3.05, 3.63) is 84.1 Å². The molecule has 34 heavy (non-hydrogen) atoms. The van der Waals surface area contributed by atoms with E-state index in [0.29, 0.717) is 16.8 Å². The summed E-state index contributed by atoms with van der Waals surface area (Å²) in [6.45, 7) is 1.76. The second kappa shape index (κ2) is 8.90. The highest BCUT2D eigenvalue weighted by Gasteiger charge is 2.22. The predicted molar refractivity (Wildman–Crippen MR) is 125 cm³/mol. The SMILES string of the molecule is O=C(NCc1ccc(S(=O)(=O)c2cc(F)cc(N3CCCC3)c2)cc1)c1cc2ccncc2o1. The summed E-state index contributed by atoms with van der Waals surface area (Å²) in [4.78, 5) is 18.4. The Morgan fingerprint density at radius 3 is 2.53 bits per heavy atom. The summed E-state index contributed by atoms with van der Waals surface area (Å²) in [7, 11) is -3.89. The van der Waals surface area contributed by atoms with Crippen LogP contribution in [0.25, 0.3) is 11.0 Å². The summed E-state index contributed by atoms with van der Waals surface area (Å²) >= 11 is 0. The Kier molecular flexibility index (Phi) is 5.79. The first-order valence-electron chi connectivity index (χ1n) is 10.9. The minimum Gasteiger partial charge on any atom is -0.449 e. The number of nitrogens with one attached hydrogen (secondary N) is 1. The molecule has 0 aliphatic carbocycles. The lowest BCUT2D eigenvalue weighted by atomic mass is 10.2. The number of fused-ring (bicyclic) bond motifs is 1. The normalized spacial score (nSPS) is 14.0. The van der Waals surface area contributed by atoms with Crippen LogP contribution in [0.4, 0.5) is 10.1 Å². The van der Waals surface area contributed by atoms with E-state index in [9.17, 15) is 17.6 Å². The molecule has 0 saturated carbocycles. The van der Waals surface area contributed by atoms with Crippen LogP contribution in [0, 0.1) is 5.82 Å². The summed E-state index contributed by atoms with van der Waals surface area (Å²) in [5.41, 5.74) is 1.81. The van der Waals surface area contributed by atoms with Gasteiger partial charge in [-0.15, -0.1) is 0 Å². The standard InChI is InChI=1S/C25H22FN3O4S/c26-19-12-20(29-9-1-2-10-29)14-22(13-19)34(31,32)21-5-3-17(4-6-21)15-28-25(30)23-11-18-7-8-27-16-24(18)33-23/h3-8,11-14,16H,1-2,9-10,15H2,(H,28,30). The van der Waals surface area contributed by atoms with Crippen molar-refractivity contribution in [2.45, 2.75) is 29.2 Å². The zero-order valence-electron chi connectivity index (χ0n) is 18.2. The molecule has 0 unspecified atom stereocenters. The minimum atomic E-state index is -3.89. The molecule has 2 aromatic heterocycles. The number of rotatable bonds is 6. The van der Waals surface area contributed by atoms with E-state index in [0.717, 1.165) is 37.4 Å². The number of benzene rings is 2. The fourth-order valence-corrected chi connectivity index (χ4v) is 5.36. The van der Waals surface area contributed by atoms with Gasteiger partial charge >= 0.3 is 0 Å². The van der Waals surface area contributed by atoms with E-state index in [2.05, 4.69) is 10.3 Å². The minimum absolute atomic E-state index is 0.0605. The van der Waals surface area contributed by atoms with Crippen molar-refractivity contribution >= 4 is 32.4 Å². The van der Waals surface area contributed by atoms with Gasteiger partial charge in [-0.1, -0.05) is 12.1 Å². The third kappa shape index (κ3) is 4.38. The van der Waals surface area contributed by atoms with Crippen molar-refractivity contribution in [2.24, 2.45) is 0 Å². The zero-order valence-corrected chi connectivity index (χ0v) is 19.0. The van der Waals surface area contributed by atoms with Crippen LogP contribution in [0.15, 0.2) is 81.2 Å². The van der Waals surface area contributed by atoms with Gasteiger partial charge in [-0.3, -0.25) is 9.78 Å². The van der Waals surface area contributed by atoms with E-state index < -0.39 is 15.7 Å². The fraction of sp³-hybridized carbons (Fsp3) is 0.200. The van der Waals surface area contributed by atoms with Gasteiger partial charge in [-0.2, -0.15) is 0 Å². The van der Waals surface area contributed by atoms with Crippen LogP contribution in [0.1, 0.15) is 29.0 Å². The topological polar surface area (TPSA) is 92.5 Å². The first-order chi connectivity index (χ1) is 16.4. The van der Waals surface area contributed by atoms with Gasteiger partial charge in [-0.25, -0.2) is 12.8 Å². The van der Waals surface area contributed by atoms with Crippen molar-refractivity contribution in [1.82, 2.24) is 10.3 Å². The monoisotopic (exact) mass is 479 g/mol. The van der Waals surface area contributed by atoms with Crippen LogP contribution in [-0.4, -0.2) is 32.4 Å². The Labute approximate surface area is 196 Å². The van der Waals surface area contributed by atoms with Crippen molar-refractivity contribution < 1.29 is 22.0 Å². The average Bonchev–Trinajstić information content (AvgIpc) is 3.53. The number of halogens is 1. The molecular weight excluding hydrogens is 457 g/mol. The molecule has 3 heterocycles. The second-order valence-electron chi connectivity index (χ2n) is 8.19. The molecule has 0 bridgehead atoms. The van der Waals surface area contributed by atoms with Gasteiger partial charge in [0, 0.05) is 36.9 Å². The van der Waals surface area contributed by atoms with Crippen molar-refractivity contribution in [1.29, 1.82) is 0 Å². The number of sulfone groups is 1. The summed E-state index contributed by atoms with van der Waals surface area (Å²) in [5.74, 6) is -0.798. The third-order valence-corrected chi connectivity index (χ3v) is 7.62. The number of hydrogen-bond acceptors (Lipinski definition) is 6. The molecule has 0 spiro atoms. The molecule has 1 fully saturated rings. The van der Waals surface area contributed by atoms with Gasteiger partial charge in [-0.05, 0) is 60.9 Å². The zero-order chi connectivity index (χ0) is 23.7. The number of hydrogen-bond donors (Lipinski definition) is 1. The average molecular weight is 480 g/mol. The summed E-state index contributed by atoms with van der Waals surface area (Å²) in [6.07, 6.45) is 5.17. The molecular formula is C25H22FN3O4S. The Morgan fingerprint density at radius 1 is 1.03 bits per heavy atom. The quantitative estimate of drug-likeness (QED) is 0.443. The van der Waals surface area contributed by atoms with Crippen LogP contribution in [0.3, 0.4) is 0 Å². The lowest BCUT2D eigenvalue weighted by Gasteiger charge is -2.18. The number of aromatic nitrogens is 1. The lowest BCUT2D eigenvalue weighted by Crippen LogP contribution is -2.22. The molecule has 1 amide bonds. The molecule has 0 radical (unpaired) electrons. The first-order valence-corrected chi connectivity index (χ1v) is 12.4. The van der Waals surface area contributed by atoms with Crippen molar-refractivity contribution in [3.63, 3.8) is 0 Å². The third-order valence-electron chi connectivity index (χ3n) is 5.87. The van der Waals surface area contributed by atoms with Crippen LogP contribution < -0.4 is 10.2 Å². The van der Waals surface area contributed by atoms with E-state index in [4.69, 9.17) is 4.42 Å². The number of pyridine rings is 1. The summed E-state index contributed by atoms with van der Waals surface area (Å²) in [5, 5.41) is 3.53. The lowest BCUT2D eigenvalue weighted by molar-refractivity contribution is 0.0925. The molecule has 2 aromatic carbocycles. The van der Waals surface area contributed by atoms with E-state index in [1.807, 2.05) is 4.90 Å². The molecule has 1 saturated heterocycles. The predicted octanol–water partition coefficient (Wildman–Crippen LogP) is 4.33. The summed E-state index contributed by atoms with van der Waals surface area (Å²) in [6, 6.07) is 13.5. The first kappa shape index (κ1) is 22.1. The smallest absolute Gasteiger partial charge is 0.287 e. The number of amides is 1. The van der Waals surface area contributed by atoms with E-state index in [1.165, 1.54) is 30.5 Å². The number of carbonyl (C=O) groups is 1. The molecule has 1 aliphatic heterocycles. The maximum absolute atomic E-state index is 14.2. The Morgan fingerprint density at radius 2 is 1.79 bits per heavy atom. The molecule has 0 atom stereocenters. The Balaban J connectivity index is 1.30. The van der Waals surface area contributed by atoms with Gasteiger partial charge in [0.25, 0.3) is 5.91 Å².